The fourth-order valence-electron chi connectivity index (χ4n) is 3.35. The third-order valence-corrected chi connectivity index (χ3v) is 7.93. The maximum absolute atomic E-state index is 12.8. The first kappa shape index (κ1) is 17.9. The minimum atomic E-state index is 0.153. The number of hydrogen-bond donors (Lipinski definition) is 0. The van der Waals surface area contributed by atoms with Crippen molar-refractivity contribution in [2.45, 2.75) is 11.1 Å². The molecule has 2 aromatic rings. The van der Waals surface area contributed by atoms with E-state index in [0.29, 0.717) is 4.58 Å². The highest BCUT2D eigenvalue weighted by molar-refractivity contribution is 8.19. The second-order valence-corrected chi connectivity index (χ2v) is 9.31. The van der Waals surface area contributed by atoms with Crippen LogP contribution in [0.25, 0.3) is 0 Å². The first-order valence-corrected chi connectivity index (χ1v) is 11.1. The molecule has 136 valence electrons. The number of rotatable bonds is 4. The van der Waals surface area contributed by atoms with Crippen molar-refractivity contribution in [2.75, 3.05) is 37.7 Å². The van der Waals surface area contributed by atoms with E-state index in [4.69, 9.17) is 0 Å². The van der Waals surface area contributed by atoms with Crippen molar-refractivity contribution in [3.63, 3.8) is 0 Å². The van der Waals surface area contributed by atoms with E-state index in [1.165, 1.54) is 17.1 Å². The third-order valence-electron chi connectivity index (χ3n) is 4.82. The van der Waals surface area contributed by atoms with Crippen LogP contribution in [0.2, 0.25) is 0 Å². The quantitative estimate of drug-likeness (QED) is 0.805. The van der Waals surface area contributed by atoms with Gasteiger partial charge in [0.1, 0.15) is 0 Å². The van der Waals surface area contributed by atoms with E-state index < -0.39 is 0 Å². The van der Waals surface area contributed by atoms with Crippen molar-refractivity contribution in [1.82, 2.24) is 14.8 Å². The number of carbonyl (C=O) groups is 1. The molecule has 0 N–H and O–H groups in total. The Bertz CT molecular complexity index is 724. The SMILES string of the molecule is O=C(c1ccc(C2SCCS2)cc1)N1CCN(Cc2ccccn2)CC1. The summed E-state index contributed by atoms with van der Waals surface area (Å²) in [6.45, 7) is 4.21. The molecule has 0 bridgehead atoms. The van der Waals surface area contributed by atoms with Gasteiger partial charge in [-0.2, -0.15) is 0 Å². The molecule has 3 heterocycles. The Balaban J connectivity index is 1.31. The molecule has 1 amide bonds. The number of carbonyl (C=O) groups excluding carboxylic acids is 1. The fourth-order valence-corrected chi connectivity index (χ4v) is 6.21. The van der Waals surface area contributed by atoms with Crippen LogP contribution in [0.4, 0.5) is 0 Å². The van der Waals surface area contributed by atoms with Crippen LogP contribution in [0.3, 0.4) is 0 Å². The number of thioether (sulfide) groups is 2. The number of pyridine rings is 1. The van der Waals surface area contributed by atoms with Gasteiger partial charge in [-0.3, -0.25) is 14.7 Å². The summed E-state index contributed by atoms with van der Waals surface area (Å²) in [5.41, 5.74) is 3.22. The molecule has 0 aliphatic carbocycles. The first-order valence-electron chi connectivity index (χ1n) is 9.04. The summed E-state index contributed by atoms with van der Waals surface area (Å²) in [6.07, 6.45) is 1.83. The average molecular weight is 386 g/mol. The standard InChI is InChI=1S/C20H23N3OS2/c24-19(16-4-6-17(7-5-16)20-25-13-14-26-20)23-11-9-22(10-12-23)15-18-3-1-2-8-21-18/h1-8,20H,9-15H2. The molecule has 2 aliphatic heterocycles. The molecule has 1 aromatic carbocycles. The summed E-state index contributed by atoms with van der Waals surface area (Å²) in [5, 5.41) is 0. The predicted octanol–water partition coefficient (Wildman–Crippen LogP) is 3.52. The van der Waals surface area contributed by atoms with E-state index in [1.54, 1.807) is 0 Å². The molecule has 2 fully saturated rings. The molecule has 1 aromatic heterocycles. The van der Waals surface area contributed by atoms with Crippen LogP contribution in [0.5, 0.6) is 0 Å². The van der Waals surface area contributed by atoms with Gasteiger partial charge in [0.2, 0.25) is 0 Å². The summed E-state index contributed by atoms with van der Waals surface area (Å²) in [7, 11) is 0. The van der Waals surface area contributed by atoms with Crippen molar-refractivity contribution in [3.05, 3.63) is 65.5 Å². The maximum Gasteiger partial charge on any atom is 0.253 e. The van der Waals surface area contributed by atoms with Crippen LogP contribution in [0.15, 0.2) is 48.7 Å². The lowest BCUT2D eigenvalue weighted by Gasteiger charge is -2.34. The first-order chi connectivity index (χ1) is 12.8. The molecule has 0 unspecified atom stereocenters. The molecule has 2 aliphatic rings. The molecule has 0 atom stereocenters. The average Bonchev–Trinajstić information content (AvgIpc) is 3.24. The molecule has 4 nitrogen and oxygen atoms in total. The normalized spacial score (nSPS) is 19.0. The molecule has 26 heavy (non-hydrogen) atoms. The number of hydrogen-bond acceptors (Lipinski definition) is 5. The van der Waals surface area contributed by atoms with Crippen molar-refractivity contribution in [1.29, 1.82) is 0 Å². The van der Waals surface area contributed by atoms with Gasteiger partial charge in [0.05, 0.1) is 10.3 Å². The highest BCUT2D eigenvalue weighted by Crippen LogP contribution is 2.45. The summed E-state index contributed by atoms with van der Waals surface area (Å²) < 4.78 is 0.536. The predicted molar refractivity (Wildman–Crippen MR) is 110 cm³/mol. The smallest absolute Gasteiger partial charge is 0.253 e. The van der Waals surface area contributed by atoms with Crippen LogP contribution in [0.1, 0.15) is 26.2 Å². The molecular weight excluding hydrogens is 362 g/mol. The van der Waals surface area contributed by atoms with Crippen molar-refractivity contribution >= 4 is 29.4 Å². The summed E-state index contributed by atoms with van der Waals surface area (Å²) in [5.74, 6) is 2.60. The van der Waals surface area contributed by atoms with Crippen LogP contribution in [0, 0.1) is 0 Å². The van der Waals surface area contributed by atoms with E-state index >= 15 is 0 Å². The molecule has 2 saturated heterocycles. The summed E-state index contributed by atoms with van der Waals surface area (Å²) in [6, 6.07) is 14.3. The Labute approximate surface area is 163 Å². The highest BCUT2D eigenvalue weighted by atomic mass is 32.2. The second kappa shape index (κ2) is 8.46. The van der Waals surface area contributed by atoms with Gasteiger partial charge in [0.25, 0.3) is 5.91 Å². The van der Waals surface area contributed by atoms with Crippen molar-refractivity contribution in [3.8, 4) is 0 Å². The van der Waals surface area contributed by atoms with Gasteiger partial charge in [-0.05, 0) is 29.8 Å². The van der Waals surface area contributed by atoms with Crippen LogP contribution in [-0.2, 0) is 6.54 Å². The monoisotopic (exact) mass is 385 g/mol. The lowest BCUT2D eigenvalue weighted by Crippen LogP contribution is -2.48. The van der Waals surface area contributed by atoms with Gasteiger partial charge in [-0.15, -0.1) is 23.5 Å². The lowest BCUT2D eigenvalue weighted by molar-refractivity contribution is 0.0627. The van der Waals surface area contributed by atoms with Crippen molar-refractivity contribution in [2.24, 2.45) is 0 Å². The van der Waals surface area contributed by atoms with Gasteiger partial charge in [0.15, 0.2) is 0 Å². The van der Waals surface area contributed by atoms with E-state index in [1.807, 2.05) is 58.9 Å². The zero-order valence-corrected chi connectivity index (χ0v) is 16.3. The number of nitrogens with zero attached hydrogens (tertiary/aromatic N) is 3. The van der Waals surface area contributed by atoms with Crippen LogP contribution >= 0.6 is 23.5 Å². The number of benzene rings is 1. The summed E-state index contributed by atoms with van der Waals surface area (Å²) >= 11 is 3.99. The van der Waals surface area contributed by atoms with E-state index in [2.05, 4.69) is 28.1 Å². The van der Waals surface area contributed by atoms with Gasteiger partial charge in [-0.1, -0.05) is 18.2 Å². The third kappa shape index (κ3) is 4.24. The number of piperazine rings is 1. The fraction of sp³-hybridized carbons (Fsp3) is 0.400. The Morgan fingerprint density at radius 1 is 1.00 bits per heavy atom. The minimum Gasteiger partial charge on any atom is -0.336 e. The topological polar surface area (TPSA) is 36.4 Å². The Kier molecular flexibility index (Phi) is 5.82. The van der Waals surface area contributed by atoms with E-state index in [9.17, 15) is 4.79 Å². The molecule has 0 spiro atoms. The Hall–Kier alpha value is -1.50. The van der Waals surface area contributed by atoms with Crippen LogP contribution < -0.4 is 0 Å². The molecule has 0 radical (unpaired) electrons. The van der Waals surface area contributed by atoms with Crippen molar-refractivity contribution < 1.29 is 4.79 Å². The minimum absolute atomic E-state index is 0.153. The van der Waals surface area contributed by atoms with E-state index in [0.717, 1.165) is 44.0 Å². The molecule has 6 heteroatoms. The number of aromatic nitrogens is 1. The van der Waals surface area contributed by atoms with Gasteiger partial charge in [-0.25, -0.2) is 0 Å². The zero-order valence-electron chi connectivity index (χ0n) is 14.7. The van der Waals surface area contributed by atoms with E-state index in [-0.39, 0.29) is 5.91 Å². The molecular formula is C20H23N3OS2. The van der Waals surface area contributed by atoms with Crippen LogP contribution in [-0.4, -0.2) is 58.4 Å². The van der Waals surface area contributed by atoms with Gasteiger partial charge < -0.3 is 4.90 Å². The summed E-state index contributed by atoms with van der Waals surface area (Å²) in [4.78, 5) is 21.5. The zero-order chi connectivity index (χ0) is 17.8. The van der Waals surface area contributed by atoms with Gasteiger partial charge in [0, 0.05) is 56.0 Å². The Morgan fingerprint density at radius 2 is 1.73 bits per heavy atom. The Morgan fingerprint density at radius 3 is 2.38 bits per heavy atom. The number of amides is 1. The maximum atomic E-state index is 12.8. The molecule has 4 rings (SSSR count). The van der Waals surface area contributed by atoms with Gasteiger partial charge >= 0.3 is 0 Å². The lowest BCUT2D eigenvalue weighted by atomic mass is 10.1. The largest absolute Gasteiger partial charge is 0.336 e. The molecule has 0 saturated carbocycles. The second-order valence-electron chi connectivity index (χ2n) is 6.58. The highest BCUT2D eigenvalue weighted by Gasteiger charge is 2.23.